The molecular weight excluding hydrogens is 413 g/mol. The van der Waals surface area contributed by atoms with Gasteiger partial charge in [-0.15, -0.1) is 0 Å². The van der Waals surface area contributed by atoms with Crippen LogP contribution in [0.2, 0.25) is 0 Å². The van der Waals surface area contributed by atoms with Crippen molar-refractivity contribution in [3.05, 3.63) is 53.7 Å². The first-order valence-electron chi connectivity index (χ1n) is 9.54. The molecule has 0 spiro atoms. The summed E-state index contributed by atoms with van der Waals surface area (Å²) in [7, 11) is 0. The number of rotatable bonds is 7. The van der Waals surface area contributed by atoms with Crippen molar-refractivity contribution in [2.45, 2.75) is 33.0 Å². The minimum absolute atomic E-state index is 0.0472. The Hall–Kier alpha value is -3.50. The first-order valence-corrected chi connectivity index (χ1v) is 9.54. The largest absolute Gasteiger partial charge is 0.419 e. The number of halogens is 3. The molecule has 11 heteroatoms. The summed E-state index contributed by atoms with van der Waals surface area (Å²) in [5.74, 6) is 0.523. The zero-order valence-corrected chi connectivity index (χ0v) is 17.1. The molecule has 0 radical (unpaired) electrons. The molecule has 1 amide bonds. The molecule has 8 nitrogen and oxygen atoms in total. The number of alkyl halides is 3. The summed E-state index contributed by atoms with van der Waals surface area (Å²) in [5.41, 5.74) is 0.0431. The van der Waals surface area contributed by atoms with Gasteiger partial charge in [-0.25, -0.2) is 9.97 Å². The second kappa shape index (κ2) is 9.11. The van der Waals surface area contributed by atoms with E-state index in [1.807, 2.05) is 13.8 Å². The molecule has 0 saturated carbocycles. The van der Waals surface area contributed by atoms with E-state index in [0.29, 0.717) is 41.8 Å². The highest BCUT2D eigenvalue weighted by Gasteiger charge is 2.31. The summed E-state index contributed by atoms with van der Waals surface area (Å²) < 4.78 is 42.9. The average Bonchev–Trinajstić information content (AvgIpc) is 3.18. The Bertz CT molecular complexity index is 1040. The van der Waals surface area contributed by atoms with Gasteiger partial charge < -0.3 is 14.7 Å². The molecule has 1 unspecified atom stereocenters. The fraction of sp³-hybridized carbons (Fsp3) is 0.350. The van der Waals surface area contributed by atoms with Gasteiger partial charge in [0.2, 0.25) is 17.7 Å². The second-order valence-corrected chi connectivity index (χ2v) is 6.80. The number of aromatic nitrogens is 4. The normalized spacial score (nSPS) is 12.5. The number of benzene rings is 1. The number of likely N-dealkylation sites (N-methyl/N-ethyl adjacent to an activating group) is 1. The van der Waals surface area contributed by atoms with Crippen molar-refractivity contribution in [2.24, 2.45) is 0 Å². The first-order chi connectivity index (χ1) is 14.7. The molecule has 2 aromatic heterocycles. The monoisotopic (exact) mass is 434 g/mol. The molecule has 164 valence electrons. The van der Waals surface area contributed by atoms with Gasteiger partial charge in [0, 0.05) is 44.0 Å². The molecular formula is C20H21F3N6O2. The van der Waals surface area contributed by atoms with Crippen molar-refractivity contribution < 1.29 is 22.5 Å². The van der Waals surface area contributed by atoms with E-state index in [4.69, 9.17) is 4.52 Å². The van der Waals surface area contributed by atoms with Gasteiger partial charge in [-0.05, 0) is 19.9 Å². The number of hydrogen-bond donors (Lipinski definition) is 1. The number of hydrogen-bond acceptors (Lipinski definition) is 7. The fourth-order valence-electron chi connectivity index (χ4n) is 3.00. The van der Waals surface area contributed by atoms with E-state index >= 15 is 0 Å². The zero-order chi connectivity index (χ0) is 22.6. The summed E-state index contributed by atoms with van der Waals surface area (Å²) in [4.78, 5) is 26.4. The average molecular weight is 434 g/mol. The van der Waals surface area contributed by atoms with Crippen LogP contribution in [-0.4, -0.2) is 50.0 Å². The quantitative estimate of drug-likeness (QED) is 0.604. The molecule has 0 aliphatic heterocycles. The lowest BCUT2D eigenvalue weighted by molar-refractivity contribution is -0.138. The maximum Gasteiger partial charge on any atom is 0.419 e. The molecule has 0 bridgehead atoms. The van der Waals surface area contributed by atoms with Gasteiger partial charge in [-0.2, -0.15) is 18.2 Å². The van der Waals surface area contributed by atoms with Crippen molar-refractivity contribution >= 4 is 11.9 Å². The maximum absolute atomic E-state index is 13.2. The number of amides is 1. The molecule has 1 N–H and O–H groups in total. The third kappa shape index (κ3) is 5.16. The van der Waals surface area contributed by atoms with E-state index in [1.54, 1.807) is 36.1 Å². The van der Waals surface area contributed by atoms with Crippen molar-refractivity contribution in [3.63, 3.8) is 0 Å². The lowest BCUT2D eigenvalue weighted by Crippen LogP contribution is -2.42. The van der Waals surface area contributed by atoms with Crippen LogP contribution in [0.4, 0.5) is 19.1 Å². The van der Waals surface area contributed by atoms with Crippen LogP contribution in [-0.2, 0) is 6.18 Å². The molecule has 3 rings (SSSR count). The van der Waals surface area contributed by atoms with Crippen LogP contribution in [0.15, 0.2) is 41.2 Å². The van der Waals surface area contributed by atoms with Crippen LogP contribution in [0.3, 0.4) is 0 Å². The summed E-state index contributed by atoms with van der Waals surface area (Å²) in [6.07, 6.45) is -3.07. The molecule has 0 aliphatic rings. The smallest absolute Gasteiger partial charge is 0.352 e. The first kappa shape index (κ1) is 22.2. The minimum Gasteiger partial charge on any atom is -0.352 e. The lowest BCUT2D eigenvalue weighted by atomic mass is 10.0. The van der Waals surface area contributed by atoms with Gasteiger partial charge in [-0.3, -0.25) is 4.79 Å². The molecule has 2 heterocycles. The number of carbonyl (C=O) groups is 1. The number of nitrogens with zero attached hydrogens (tertiary/aromatic N) is 5. The van der Waals surface area contributed by atoms with Gasteiger partial charge in [0.1, 0.15) is 0 Å². The summed E-state index contributed by atoms with van der Waals surface area (Å²) in [5, 5.41) is 6.76. The molecule has 1 aromatic carbocycles. The van der Waals surface area contributed by atoms with E-state index in [2.05, 4.69) is 25.4 Å². The van der Waals surface area contributed by atoms with E-state index in [0.717, 1.165) is 0 Å². The standard InChI is InChI=1S/C20H21F3N6O2/c1-4-29(12(2)9-24-19-25-10-14(11-26-19)20(21,22)23)18(30)16-8-6-5-7-15(16)17-27-13(3)31-28-17/h5-8,10-12H,4,9H2,1-3H3,(H,24,25,26). The molecule has 0 aliphatic carbocycles. The Labute approximate surface area is 176 Å². The van der Waals surface area contributed by atoms with Crippen molar-refractivity contribution in [1.82, 2.24) is 25.0 Å². The number of nitrogens with one attached hydrogen (secondary N) is 1. The molecule has 3 aromatic rings. The zero-order valence-electron chi connectivity index (χ0n) is 17.1. The number of aryl methyl sites for hydroxylation is 1. The van der Waals surface area contributed by atoms with E-state index in [9.17, 15) is 18.0 Å². The van der Waals surface area contributed by atoms with Crippen molar-refractivity contribution in [2.75, 3.05) is 18.4 Å². The van der Waals surface area contributed by atoms with Gasteiger partial charge in [0.05, 0.1) is 11.1 Å². The Balaban J connectivity index is 1.72. The van der Waals surface area contributed by atoms with E-state index < -0.39 is 11.7 Å². The number of anilines is 1. The van der Waals surface area contributed by atoms with Crippen LogP contribution in [0, 0.1) is 6.92 Å². The van der Waals surface area contributed by atoms with Crippen molar-refractivity contribution in [3.8, 4) is 11.4 Å². The topological polar surface area (TPSA) is 97.0 Å². The molecule has 0 saturated heterocycles. The Morgan fingerprint density at radius 2 is 1.90 bits per heavy atom. The van der Waals surface area contributed by atoms with Gasteiger partial charge >= 0.3 is 6.18 Å². The van der Waals surface area contributed by atoms with Crippen LogP contribution >= 0.6 is 0 Å². The minimum atomic E-state index is -4.50. The maximum atomic E-state index is 13.2. The summed E-state index contributed by atoms with van der Waals surface area (Å²) in [6, 6.07) is 6.65. The van der Waals surface area contributed by atoms with E-state index in [-0.39, 0.29) is 24.4 Å². The van der Waals surface area contributed by atoms with Gasteiger partial charge in [0.25, 0.3) is 5.91 Å². The van der Waals surface area contributed by atoms with Crippen LogP contribution < -0.4 is 5.32 Å². The van der Waals surface area contributed by atoms with Crippen molar-refractivity contribution in [1.29, 1.82) is 0 Å². The molecule has 0 fully saturated rings. The van der Waals surface area contributed by atoms with Crippen LogP contribution in [0.1, 0.15) is 35.7 Å². The van der Waals surface area contributed by atoms with Crippen LogP contribution in [0.5, 0.6) is 0 Å². The lowest BCUT2D eigenvalue weighted by Gasteiger charge is -2.29. The van der Waals surface area contributed by atoms with Gasteiger partial charge in [-0.1, -0.05) is 23.4 Å². The third-order valence-electron chi connectivity index (χ3n) is 4.59. The number of carbonyl (C=O) groups excluding carboxylic acids is 1. The third-order valence-corrected chi connectivity index (χ3v) is 4.59. The highest BCUT2D eigenvalue weighted by molar-refractivity contribution is 6.00. The van der Waals surface area contributed by atoms with E-state index in [1.165, 1.54) is 0 Å². The summed E-state index contributed by atoms with van der Waals surface area (Å²) >= 11 is 0. The second-order valence-electron chi connectivity index (χ2n) is 6.80. The molecule has 1 atom stereocenters. The van der Waals surface area contributed by atoms with Crippen LogP contribution in [0.25, 0.3) is 11.4 Å². The fourth-order valence-corrected chi connectivity index (χ4v) is 3.00. The Kier molecular flexibility index (Phi) is 6.52. The van der Waals surface area contributed by atoms with Gasteiger partial charge in [0.15, 0.2) is 0 Å². The predicted molar refractivity (Wildman–Crippen MR) is 106 cm³/mol. The Morgan fingerprint density at radius 3 is 2.48 bits per heavy atom. The highest BCUT2D eigenvalue weighted by atomic mass is 19.4. The highest BCUT2D eigenvalue weighted by Crippen LogP contribution is 2.28. The SMILES string of the molecule is CCN(C(=O)c1ccccc1-c1noc(C)n1)C(C)CNc1ncc(C(F)(F)F)cn1. The Morgan fingerprint density at radius 1 is 1.23 bits per heavy atom. The molecule has 31 heavy (non-hydrogen) atoms. The summed E-state index contributed by atoms with van der Waals surface area (Å²) in [6.45, 7) is 5.98. The predicted octanol–water partition coefficient (Wildman–Crippen LogP) is 3.82.